The molecular formula is C43H79NO9. The van der Waals surface area contributed by atoms with E-state index >= 15 is 0 Å². The van der Waals surface area contributed by atoms with Gasteiger partial charge in [-0.05, 0) is 57.8 Å². The largest absolute Gasteiger partial charge is 0.394 e. The van der Waals surface area contributed by atoms with Crippen LogP contribution in [0, 0.1) is 0 Å². The summed E-state index contributed by atoms with van der Waals surface area (Å²) in [6.07, 6.45) is 29.5. The molecule has 8 unspecified atom stereocenters. The van der Waals surface area contributed by atoms with Gasteiger partial charge in [0.15, 0.2) is 6.29 Å². The first-order valence-electron chi connectivity index (χ1n) is 21.3. The molecule has 8 atom stereocenters. The molecule has 1 aliphatic heterocycles. The monoisotopic (exact) mass is 754 g/mol. The molecule has 1 amide bonds. The molecule has 1 heterocycles. The van der Waals surface area contributed by atoms with Crippen molar-refractivity contribution in [1.82, 2.24) is 5.32 Å². The van der Waals surface area contributed by atoms with Crippen LogP contribution in [0.2, 0.25) is 0 Å². The third kappa shape index (κ3) is 24.5. The number of aliphatic hydroxyl groups excluding tert-OH is 6. The zero-order valence-corrected chi connectivity index (χ0v) is 33.4. The van der Waals surface area contributed by atoms with E-state index in [1.807, 2.05) is 6.08 Å². The second-order valence-electron chi connectivity index (χ2n) is 14.9. The maximum absolute atomic E-state index is 13.0. The van der Waals surface area contributed by atoms with Gasteiger partial charge in [-0.2, -0.15) is 0 Å². The summed E-state index contributed by atoms with van der Waals surface area (Å²) in [6.45, 7) is 3.53. The van der Waals surface area contributed by atoms with Gasteiger partial charge in [-0.25, -0.2) is 0 Å². The molecule has 7 N–H and O–H groups in total. The van der Waals surface area contributed by atoms with E-state index in [9.17, 15) is 35.4 Å². The zero-order chi connectivity index (χ0) is 38.9. The molecule has 10 heteroatoms. The predicted molar refractivity (Wildman–Crippen MR) is 213 cm³/mol. The number of carbonyl (C=O) groups excluding carboxylic acids is 1. The van der Waals surface area contributed by atoms with Crippen LogP contribution in [0.15, 0.2) is 36.5 Å². The Labute approximate surface area is 322 Å². The van der Waals surface area contributed by atoms with E-state index in [4.69, 9.17) is 9.47 Å². The van der Waals surface area contributed by atoms with E-state index < -0.39 is 61.5 Å². The van der Waals surface area contributed by atoms with Crippen molar-refractivity contribution in [2.45, 2.75) is 217 Å². The Hall–Kier alpha value is -1.63. The van der Waals surface area contributed by atoms with Gasteiger partial charge in [0, 0.05) is 0 Å². The van der Waals surface area contributed by atoms with Crippen LogP contribution in [0.1, 0.15) is 168 Å². The average Bonchev–Trinajstić information content (AvgIpc) is 3.16. The minimum Gasteiger partial charge on any atom is -0.394 e. The number of aliphatic hydroxyl groups is 6. The Bertz CT molecular complexity index is 943. The molecule has 0 bridgehead atoms. The summed E-state index contributed by atoms with van der Waals surface area (Å²) in [5.41, 5.74) is 0. The minimum absolute atomic E-state index is 0.289. The molecule has 0 spiro atoms. The lowest BCUT2D eigenvalue weighted by molar-refractivity contribution is -0.302. The number of rotatable bonds is 34. The van der Waals surface area contributed by atoms with Crippen LogP contribution in [0.4, 0.5) is 0 Å². The van der Waals surface area contributed by atoms with Crippen molar-refractivity contribution in [2.24, 2.45) is 0 Å². The van der Waals surface area contributed by atoms with Crippen LogP contribution < -0.4 is 5.32 Å². The van der Waals surface area contributed by atoms with Gasteiger partial charge in [-0.15, -0.1) is 0 Å². The molecular weight excluding hydrogens is 674 g/mol. The van der Waals surface area contributed by atoms with Crippen molar-refractivity contribution in [3.05, 3.63) is 36.5 Å². The summed E-state index contributed by atoms with van der Waals surface area (Å²) in [4.78, 5) is 13.0. The molecule has 0 aliphatic carbocycles. The normalized spacial score (nSPS) is 22.6. The standard InChI is InChI=1S/C43H79NO9/c1-3-5-7-9-11-13-15-16-17-18-19-20-22-24-26-28-30-32-37(47)42(51)44-35(34-52-43-41(50)40(49)39(48)38(33-45)53-43)36(46)31-29-27-25-23-21-14-12-10-8-6-4-2/h19-21,23,29,31,35-41,43,45-50H,3-18,22,24-28,30,32-34H2,1-2H3,(H,44,51)/b20-19-,23-21+,31-29+. The number of nitrogens with one attached hydrogen (secondary N) is 1. The van der Waals surface area contributed by atoms with Crippen molar-refractivity contribution in [1.29, 1.82) is 0 Å². The first kappa shape index (κ1) is 49.4. The SMILES string of the molecule is CCCCCCC/C=C/CC/C=C/C(O)C(COC1OC(CO)C(O)C(O)C1O)NC(=O)C(O)CCCCCC/C=C\CCCCCCCCCCC. The van der Waals surface area contributed by atoms with Crippen molar-refractivity contribution in [2.75, 3.05) is 13.2 Å². The number of hydrogen-bond acceptors (Lipinski definition) is 9. The Kier molecular flexibility index (Phi) is 31.4. The van der Waals surface area contributed by atoms with E-state index in [1.54, 1.807) is 6.08 Å². The predicted octanol–water partition coefficient (Wildman–Crippen LogP) is 7.08. The highest BCUT2D eigenvalue weighted by Crippen LogP contribution is 2.22. The number of ether oxygens (including phenoxy) is 2. The summed E-state index contributed by atoms with van der Waals surface area (Å²) in [5, 5.41) is 64.4. The fourth-order valence-corrected chi connectivity index (χ4v) is 6.46. The van der Waals surface area contributed by atoms with E-state index in [0.717, 1.165) is 44.9 Å². The first-order valence-corrected chi connectivity index (χ1v) is 21.3. The Morgan fingerprint density at radius 3 is 1.64 bits per heavy atom. The van der Waals surface area contributed by atoms with Crippen molar-refractivity contribution in [3.63, 3.8) is 0 Å². The van der Waals surface area contributed by atoms with Gasteiger partial charge in [0.2, 0.25) is 5.91 Å². The van der Waals surface area contributed by atoms with Gasteiger partial charge in [0.1, 0.15) is 30.5 Å². The first-order chi connectivity index (χ1) is 25.8. The van der Waals surface area contributed by atoms with Gasteiger partial charge >= 0.3 is 0 Å². The quantitative estimate of drug-likeness (QED) is 0.0268. The Balaban J connectivity index is 2.46. The van der Waals surface area contributed by atoms with Gasteiger partial charge in [-0.3, -0.25) is 4.79 Å². The molecule has 0 radical (unpaired) electrons. The fourth-order valence-electron chi connectivity index (χ4n) is 6.46. The smallest absolute Gasteiger partial charge is 0.249 e. The summed E-state index contributed by atoms with van der Waals surface area (Å²) in [7, 11) is 0. The summed E-state index contributed by atoms with van der Waals surface area (Å²) >= 11 is 0. The molecule has 1 saturated heterocycles. The van der Waals surface area contributed by atoms with Gasteiger partial charge in [-0.1, -0.05) is 147 Å². The molecule has 1 fully saturated rings. The van der Waals surface area contributed by atoms with Crippen molar-refractivity contribution >= 4 is 5.91 Å². The lowest BCUT2D eigenvalue weighted by Gasteiger charge is -2.40. The van der Waals surface area contributed by atoms with Crippen LogP contribution in [0.25, 0.3) is 0 Å². The van der Waals surface area contributed by atoms with Crippen LogP contribution in [0.3, 0.4) is 0 Å². The summed E-state index contributed by atoms with van der Waals surface area (Å²) < 4.78 is 11.1. The van der Waals surface area contributed by atoms with Crippen LogP contribution >= 0.6 is 0 Å². The van der Waals surface area contributed by atoms with E-state index in [0.29, 0.717) is 12.8 Å². The summed E-state index contributed by atoms with van der Waals surface area (Å²) in [5.74, 6) is -0.638. The molecule has 10 nitrogen and oxygen atoms in total. The van der Waals surface area contributed by atoms with Crippen LogP contribution in [0.5, 0.6) is 0 Å². The topological polar surface area (TPSA) is 169 Å². The van der Waals surface area contributed by atoms with Crippen LogP contribution in [-0.4, -0.2) is 98.7 Å². The Morgan fingerprint density at radius 2 is 1.11 bits per heavy atom. The number of allylic oxidation sites excluding steroid dienone is 5. The van der Waals surface area contributed by atoms with Crippen LogP contribution in [-0.2, 0) is 14.3 Å². The second-order valence-corrected chi connectivity index (χ2v) is 14.9. The lowest BCUT2D eigenvalue weighted by Crippen LogP contribution is -2.60. The minimum atomic E-state index is -1.62. The number of unbranched alkanes of at least 4 members (excludes halogenated alkanes) is 19. The maximum atomic E-state index is 13.0. The molecule has 1 rings (SSSR count). The highest BCUT2D eigenvalue weighted by molar-refractivity contribution is 5.80. The highest BCUT2D eigenvalue weighted by Gasteiger charge is 2.44. The molecule has 53 heavy (non-hydrogen) atoms. The maximum Gasteiger partial charge on any atom is 0.249 e. The third-order valence-corrected chi connectivity index (χ3v) is 10.0. The average molecular weight is 754 g/mol. The van der Waals surface area contributed by atoms with E-state index in [-0.39, 0.29) is 13.0 Å². The Morgan fingerprint density at radius 1 is 0.642 bits per heavy atom. The molecule has 1 aliphatic rings. The lowest BCUT2D eigenvalue weighted by atomic mass is 9.99. The van der Waals surface area contributed by atoms with Gasteiger partial charge in [0.05, 0.1) is 25.4 Å². The molecule has 0 aromatic carbocycles. The third-order valence-electron chi connectivity index (χ3n) is 10.0. The fraction of sp³-hybridized carbons (Fsp3) is 0.837. The van der Waals surface area contributed by atoms with E-state index in [2.05, 4.69) is 43.5 Å². The molecule has 0 aromatic heterocycles. The number of carbonyl (C=O) groups is 1. The highest BCUT2D eigenvalue weighted by atomic mass is 16.7. The molecule has 0 saturated carbocycles. The van der Waals surface area contributed by atoms with Gasteiger partial charge in [0.25, 0.3) is 0 Å². The van der Waals surface area contributed by atoms with Crippen molar-refractivity contribution in [3.8, 4) is 0 Å². The van der Waals surface area contributed by atoms with Crippen molar-refractivity contribution < 1.29 is 44.9 Å². The van der Waals surface area contributed by atoms with E-state index in [1.165, 1.54) is 89.9 Å². The second kappa shape index (κ2) is 33.7. The number of hydrogen-bond donors (Lipinski definition) is 7. The zero-order valence-electron chi connectivity index (χ0n) is 33.4. The molecule has 0 aromatic rings. The summed E-state index contributed by atoms with van der Waals surface area (Å²) in [6, 6.07) is -0.998. The number of amides is 1. The molecule has 310 valence electrons. The van der Waals surface area contributed by atoms with Gasteiger partial charge < -0.3 is 45.4 Å².